The van der Waals surface area contributed by atoms with Gasteiger partial charge in [-0.15, -0.1) is 0 Å². The Balaban J connectivity index is 1.84. The molecule has 16 heavy (non-hydrogen) atoms. The van der Waals surface area contributed by atoms with Gasteiger partial charge < -0.3 is 9.84 Å². The van der Waals surface area contributed by atoms with Gasteiger partial charge in [0.05, 0.1) is 13.1 Å². The van der Waals surface area contributed by atoms with Crippen molar-refractivity contribution in [3.8, 4) is 0 Å². The number of nitrogens with zero attached hydrogens (tertiary/aromatic N) is 5. The highest BCUT2D eigenvalue weighted by molar-refractivity contribution is 4.86. The van der Waals surface area contributed by atoms with Crippen LogP contribution in [0.25, 0.3) is 0 Å². The molecule has 2 heterocycles. The monoisotopic (exact) mass is 222 g/mol. The Morgan fingerprint density at radius 2 is 2.31 bits per heavy atom. The van der Waals surface area contributed by atoms with Crippen LogP contribution >= 0.6 is 0 Å². The molecule has 0 saturated carbocycles. The number of hydrogen-bond acceptors (Lipinski definition) is 6. The maximum absolute atomic E-state index is 4.97. The van der Waals surface area contributed by atoms with Gasteiger partial charge in [0.1, 0.15) is 12.2 Å². The lowest BCUT2D eigenvalue weighted by Crippen LogP contribution is -2.17. The van der Waals surface area contributed by atoms with Crippen molar-refractivity contribution < 1.29 is 4.52 Å². The Labute approximate surface area is 92.9 Å². The molecular weight excluding hydrogens is 208 g/mol. The topological polar surface area (TPSA) is 81.7 Å². The minimum Gasteiger partial charge on any atom is -0.338 e. The molecule has 0 amide bonds. The van der Waals surface area contributed by atoms with Gasteiger partial charge in [-0.2, -0.15) is 10.1 Å². The van der Waals surface area contributed by atoms with Crippen LogP contribution in [-0.2, 0) is 19.6 Å². The van der Waals surface area contributed by atoms with E-state index in [1.807, 2.05) is 11.6 Å². The molecular formula is C9H14N6O. The van der Waals surface area contributed by atoms with Crippen LogP contribution in [0.3, 0.4) is 0 Å². The van der Waals surface area contributed by atoms with Crippen LogP contribution in [-0.4, -0.2) is 24.9 Å². The van der Waals surface area contributed by atoms with Crippen molar-refractivity contribution in [3.63, 3.8) is 0 Å². The first-order valence-electron chi connectivity index (χ1n) is 5.16. The lowest BCUT2D eigenvalue weighted by molar-refractivity contribution is 0.362. The SMILES string of the molecule is CCn1ncnc1CNCc1nc(C)no1. The van der Waals surface area contributed by atoms with E-state index in [9.17, 15) is 0 Å². The predicted molar refractivity (Wildman–Crippen MR) is 55.3 cm³/mol. The van der Waals surface area contributed by atoms with E-state index < -0.39 is 0 Å². The molecule has 0 spiro atoms. The summed E-state index contributed by atoms with van der Waals surface area (Å²) in [4.78, 5) is 8.24. The van der Waals surface area contributed by atoms with E-state index in [-0.39, 0.29) is 0 Å². The van der Waals surface area contributed by atoms with Crippen LogP contribution in [0.2, 0.25) is 0 Å². The summed E-state index contributed by atoms with van der Waals surface area (Å²) in [5.41, 5.74) is 0. The van der Waals surface area contributed by atoms with Crippen molar-refractivity contribution in [1.29, 1.82) is 0 Å². The zero-order valence-electron chi connectivity index (χ0n) is 9.34. The van der Waals surface area contributed by atoms with Crippen molar-refractivity contribution in [2.24, 2.45) is 0 Å². The van der Waals surface area contributed by atoms with Crippen molar-refractivity contribution in [1.82, 2.24) is 30.2 Å². The van der Waals surface area contributed by atoms with Gasteiger partial charge >= 0.3 is 0 Å². The second kappa shape index (κ2) is 4.84. The van der Waals surface area contributed by atoms with Crippen LogP contribution in [0, 0.1) is 6.92 Å². The lowest BCUT2D eigenvalue weighted by Gasteiger charge is -2.02. The molecule has 0 saturated heterocycles. The zero-order chi connectivity index (χ0) is 11.4. The fraction of sp³-hybridized carbons (Fsp3) is 0.556. The zero-order valence-corrected chi connectivity index (χ0v) is 9.34. The van der Waals surface area contributed by atoms with E-state index in [4.69, 9.17) is 4.52 Å². The molecule has 0 atom stereocenters. The Morgan fingerprint density at radius 1 is 1.44 bits per heavy atom. The van der Waals surface area contributed by atoms with Crippen LogP contribution < -0.4 is 5.32 Å². The van der Waals surface area contributed by atoms with E-state index in [1.54, 1.807) is 13.3 Å². The largest absolute Gasteiger partial charge is 0.338 e. The second-order valence-corrected chi connectivity index (χ2v) is 3.33. The number of rotatable bonds is 5. The quantitative estimate of drug-likeness (QED) is 0.782. The maximum atomic E-state index is 4.97. The summed E-state index contributed by atoms with van der Waals surface area (Å²) >= 11 is 0. The summed E-state index contributed by atoms with van der Waals surface area (Å²) in [6, 6.07) is 0. The molecule has 0 unspecified atom stereocenters. The molecule has 2 aromatic rings. The van der Waals surface area contributed by atoms with Crippen molar-refractivity contribution in [2.75, 3.05) is 0 Å². The van der Waals surface area contributed by atoms with E-state index in [0.717, 1.165) is 12.4 Å². The minimum absolute atomic E-state index is 0.539. The first-order valence-corrected chi connectivity index (χ1v) is 5.16. The predicted octanol–water partition coefficient (Wildman–Crippen LogP) is 0.279. The number of aryl methyl sites for hydroxylation is 2. The molecule has 0 aliphatic heterocycles. The summed E-state index contributed by atoms with van der Waals surface area (Å²) in [6.07, 6.45) is 1.55. The average molecular weight is 222 g/mol. The Hall–Kier alpha value is -1.76. The molecule has 2 aromatic heterocycles. The molecule has 1 N–H and O–H groups in total. The molecule has 7 nitrogen and oxygen atoms in total. The summed E-state index contributed by atoms with van der Waals surface area (Å²) in [5, 5.41) is 11.0. The van der Waals surface area contributed by atoms with Gasteiger partial charge in [-0.3, -0.25) is 0 Å². The first-order chi connectivity index (χ1) is 7.79. The third kappa shape index (κ3) is 2.43. The van der Waals surface area contributed by atoms with Gasteiger partial charge in [-0.25, -0.2) is 9.67 Å². The Morgan fingerprint density at radius 3 is 3.00 bits per heavy atom. The van der Waals surface area contributed by atoms with Gasteiger partial charge in [0, 0.05) is 6.54 Å². The molecule has 2 rings (SSSR count). The third-order valence-electron chi connectivity index (χ3n) is 2.12. The van der Waals surface area contributed by atoms with Gasteiger partial charge in [-0.1, -0.05) is 5.16 Å². The van der Waals surface area contributed by atoms with E-state index >= 15 is 0 Å². The van der Waals surface area contributed by atoms with Crippen LogP contribution in [0.5, 0.6) is 0 Å². The summed E-state index contributed by atoms with van der Waals surface area (Å²) in [7, 11) is 0. The fourth-order valence-corrected chi connectivity index (χ4v) is 1.38. The standard InChI is InChI=1S/C9H14N6O/c1-3-15-8(11-6-12-15)4-10-5-9-13-7(2)14-16-9/h6,10H,3-5H2,1-2H3. The highest BCUT2D eigenvalue weighted by atomic mass is 16.5. The number of hydrogen-bond donors (Lipinski definition) is 1. The van der Waals surface area contributed by atoms with Crippen molar-refractivity contribution >= 4 is 0 Å². The molecule has 86 valence electrons. The molecule has 0 radical (unpaired) electrons. The summed E-state index contributed by atoms with van der Waals surface area (Å²) in [5.74, 6) is 2.13. The van der Waals surface area contributed by atoms with Gasteiger partial charge in [0.25, 0.3) is 0 Å². The smallest absolute Gasteiger partial charge is 0.240 e. The highest BCUT2D eigenvalue weighted by Gasteiger charge is 2.04. The van der Waals surface area contributed by atoms with Crippen LogP contribution in [0.4, 0.5) is 0 Å². The molecule has 0 aliphatic carbocycles. The lowest BCUT2D eigenvalue weighted by atomic mass is 10.5. The molecule has 0 fully saturated rings. The second-order valence-electron chi connectivity index (χ2n) is 3.33. The molecule has 0 aromatic carbocycles. The minimum atomic E-state index is 0.539. The summed E-state index contributed by atoms with van der Waals surface area (Å²) < 4.78 is 6.81. The summed E-state index contributed by atoms with van der Waals surface area (Å²) in [6.45, 7) is 5.81. The Kier molecular flexibility index (Phi) is 3.25. The maximum Gasteiger partial charge on any atom is 0.240 e. The van der Waals surface area contributed by atoms with E-state index in [0.29, 0.717) is 24.8 Å². The van der Waals surface area contributed by atoms with Crippen LogP contribution in [0.1, 0.15) is 24.5 Å². The highest BCUT2D eigenvalue weighted by Crippen LogP contribution is 1.97. The van der Waals surface area contributed by atoms with Gasteiger partial charge in [0.15, 0.2) is 5.82 Å². The molecule has 7 heteroatoms. The number of aromatic nitrogens is 5. The van der Waals surface area contributed by atoms with Gasteiger partial charge in [0.2, 0.25) is 5.89 Å². The van der Waals surface area contributed by atoms with Crippen LogP contribution in [0.15, 0.2) is 10.9 Å². The van der Waals surface area contributed by atoms with E-state index in [2.05, 4.69) is 25.5 Å². The van der Waals surface area contributed by atoms with Gasteiger partial charge in [-0.05, 0) is 13.8 Å². The number of nitrogens with one attached hydrogen (secondary N) is 1. The van der Waals surface area contributed by atoms with Crippen molar-refractivity contribution in [2.45, 2.75) is 33.5 Å². The normalized spacial score (nSPS) is 10.9. The first kappa shape index (κ1) is 10.7. The van der Waals surface area contributed by atoms with Crippen molar-refractivity contribution in [3.05, 3.63) is 23.9 Å². The third-order valence-corrected chi connectivity index (χ3v) is 2.12. The average Bonchev–Trinajstić information content (AvgIpc) is 2.87. The van der Waals surface area contributed by atoms with E-state index in [1.165, 1.54) is 0 Å². The fourth-order valence-electron chi connectivity index (χ4n) is 1.38. The Bertz CT molecular complexity index is 448. The molecule has 0 aliphatic rings. The molecule has 0 bridgehead atoms.